The standard InChI is InChI=1S/C34H20O2/c1-3-21-22(4-2)28(20-13-9-6-10-14-20)32-24-16-18-26-30-25(33(35)34(26)36)17-15-23(29(24)30)31(32)27(21)19-11-7-5-8-12-19/h3-18H,1-2H2. The fourth-order valence-electron chi connectivity index (χ4n) is 6.10. The van der Waals surface area contributed by atoms with Gasteiger partial charge in [0.2, 0.25) is 10.9 Å². The van der Waals surface area contributed by atoms with E-state index in [2.05, 4.69) is 37.4 Å². The molecule has 0 saturated heterocycles. The smallest absolute Gasteiger partial charge is 0.234 e. The molecule has 0 N–H and O–H groups in total. The molecule has 2 nitrogen and oxygen atoms in total. The van der Waals surface area contributed by atoms with E-state index in [1.165, 1.54) is 0 Å². The van der Waals surface area contributed by atoms with Crippen molar-refractivity contribution < 1.29 is 0 Å². The van der Waals surface area contributed by atoms with E-state index in [1.54, 1.807) is 0 Å². The summed E-state index contributed by atoms with van der Waals surface area (Å²) in [7, 11) is 0. The minimum Gasteiger partial charge on any atom is -0.285 e. The summed E-state index contributed by atoms with van der Waals surface area (Å²) in [6.45, 7) is 8.41. The van der Waals surface area contributed by atoms with E-state index in [1.807, 2.05) is 72.8 Å². The van der Waals surface area contributed by atoms with E-state index in [-0.39, 0.29) is 0 Å². The van der Waals surface area contributed by atoms with E-state index in [0.717, 1.165) is 65.7 Å². The summed E-state index contributed by atoms with van der Waals surface area (Å²) in [4.78, 5) is 25.6. The van der Waals surface area contributed by atoms with Crippen LogP contribution in [0.1, 0.15) is 11.1 Å². The van der Waals surface area contributed by atoms with Crippen LogP contribution in [0, 0.1) is 0 Å². The lowest BCUT2D eigenvalue weighted by Crippen LogP contribution is -2.16. The van der Waals surface area contributed by atoms with Gasteiger partial charge in [0.05, 0.1) is 0 Å². The molecule has 0 aliphatic heterocycles. The Hall–Kier alpha value is -4.82. The first-order chi connectivity index (χ1) is 17.7. The maximum Gasteiger partial charge on any atom is 0.234 e. The summed E-state index contributed by atoms with van der Waals surface area (Å²) >= 11 is 0. The van der Waals surface area contributed by atoms with Gasteiger partial charge in [-0.15, -0.1) is 0 Å². The summed E-state index contributed by atoms with van der Waals surface area (Å²) in [5.74, 6) is 0. The Morgan fingerprint density at radius 3 is 1.19 bits per heavy atom. The van der Waals surface area contributed by atoms with Gasteiger partial charge in [-0.25, -0.2) is 0 Å². The van der Waals surface area contributed by atoms with E-state index >= 15 is 0 Å². The van der Waals surface area contributed by atoms with Crippen LogP contribution < -0.4 is 10.9 Å². The van der Waals surface area contributed by atoms with Crippen molar-refractivity contribution in [2.75, 3.05) is 0 Å². The van der Waals surface area contributed by atoms with Gasteiger partial charge in [0, 0.05) is 16.2 Å². The molecule has 7 rings (SSSR count). The summed E-state index contributed by atoms with van der Waals surface area (Å²) in [6.07, 6.45) is 3.83. The molecule has 0 spiro atoms. The fourth-order valence-corrected chi connectivity index (χ4v) is 6.10. The van der Waals surface area contributed by atoms with Gasteiger partial charge in [-0.1, -0.05) is 98.1 Å². The molecule has 0 radical (unpaired) electrons. The predicted octanol–water partition coefficient (Wildman–Crippen LogP) is 7.95. The Bertz CT molecular complexity index is 1940. The molecular weight excluding hydrogens is 440 g/mol. The normalized spacial score (nSPS) is 11.8. The Balaban J connectivity index is 1.87. The van der Waals surface area contributed by atoms with E-state index in [9.17, 15) is 9.59 Å². The van der Waals surface area contributed by atoms with E-state index in [0.29, 0.717) is 10.8 Å². The molecule has 0 heterocycles. The zero-order valence-electron chi connectivity index (χ0n) is 19.5. The SMILES string of the molecule is C=Cc1c(C=C)c(-c2ccccc2)c2c3ccc4c(=O)c(=O)c5ccc(c2c1-c1ccccc1)c3c54. The first-order valence-corrected chi connectivity index (χ1v) is 11.9. The molecule has 0 bridgehead atoms. The molecule has 0 amide bonds. The third-order valence-electron chi connectivity index (χ3n) is 7.51. The Morgan fingerprint density at radius 1 is 0.444 bits per heavy atom. The molecule has 7 aromatic rings. The second kappa shape index (κ2) is 7.34. The van der Waals surface area contributed by atoms with Gasteiger partial charge < -0.3 is 0 Å². The van der Waals surface area contributed by atoms with Crippen LogP contribution in [0.25, 0.3) is 77.5 Å². The molecule has 7 aromatic carbocycles. The Labute approximate surface area is 207 Å². The second-order valence-electron chi connectivity index (χ2n) is 9.20. The number of fused-ring (bicyclic) bond motifs is 3. The van der Waals surface area contributed by atoms with Crippen molar-refractivity contribution in [1.82, 2.24) is 0 Å². The highest BCUT2D eigenvalue weighted by Crippen LogP contribution is 2.51. The highest BCUT2D eigenvalue weighted by atomic mass is 16.2. The minimum atomic E-state index is -0.421. The number of hydrogen-bond donors (Lipinski definition) is 0. The van der Waals surface area contributed by atoms with Crippen molar-refractivity contribution in [3.8, 4) is 22.3 Å². The van der Waals surface area contributed by atoms with Crippen LogP contribution in [0.15, 0.2) is 108 Å². The van der Waals surface area contributed by atoms with Crippen LogP contribution in [0.5, 0.6) is 0 Å². The van der Waals surface area contributed by atoms with E-state index in [4.69, 9.17) is 0 Å². The molecule has 0 unspecified atom stereocenters. The van der Waals surface area contributed by atoms with Gasteiger partial charge in [0.25, 0.3) is 0 Å². The largest absolute Gasteiger partial charge is 0.285 e. The number of hydrogen-bond acceptors (Lipinski definition) is 2. The third-order valence-corrected chi connectivity index (χ3v) is 7.51. The topological polar surface area (TPSA) is 34.1 Å². The molecule has 0 aromatic heterocycles. The molecular formula is C34H20O2. The molecule has 0 atom stereocenters. The summed E-state index contributed by atoms with van der Waals surface area (Å²) < 4.78 is 0. The third kappa shape index (κ3) is 2.45. The monoisotopic (exact) mass is 460 g/mol. The molecule has 0 fully saturated rings. The summed E-state index contributed by atoms with van der Waals surface area (Å²) in [5.41, 5.74) is 5.52. The van der Waals surface area contributed by atoms with Gasteiger partial charge in [-0.2, -0.15) is 0 Å². The van der Waals surface area contributed by atoms with Gasteiger partial charge >= 0.3 is 0 Å². The highest BCUT2D eigenvalue weighted by molar-refractivity contribution is 6.40. The lowest BCUT2D eigenvalue weighted by atomic mass is 9.84. The van der Waals surface area contributed by atoms with Crippen LogP contribution in [0.2, 0.25) is 0 Å². The number of rotatable bonds is 4. The summed E-state index contributed by atoms with van der Waals surface area (Å²) in [5, 5.41) is 7.03. The molecule has 0 aliphatic carbocycles. The van der Waals surface area contributed by atoms with Crippen LogP contribution in [-0.4, -0.2) is 0 Å². The average molecular weight is 461 g/mol. The van der Waals surface area contributed by atoms with Gasteiger partial charge in [-0.3, -0.25) is 9.59 Å². The van der Waals surface area contributed by atoms with Crippen LogP contribution in [0.3, 0.4) is 0 Å². The van der Waals surface area contributed by atoms with Crippen molar-refractivity contribution in [3.63, 3.8) is 0 Å². The van der Waals surface area contributed by atoms with Gasteiger partial charge in [-0.05, 0) is 72.4 Å². The van der Waals surface area contributed by atoms with Crippen molar-refractivity contribution >= 4 is 55.2 Å². The molecule has 0 aliphatic rings. The fraction of sp³-hybridized carbons (Fsp3) is 0. The maximum atomic E-state index is 12.8. The van der Waals surface area contributed by atoms with Crippen molar-refractivity contribution in [2.24, 2.45) is 0 Å². The van der Waals surface area contributed by atoms with Crippen LogP contribution >= 0.6 is 0 Å². The van der Waals surface area contributed by atoms with E-state index < -0.39 is 10.9 Å². The van der Waals surface area contributed by atoms with Crippen LogP contribution in [0.4, 0.5) is 0 Å². The zero-order chi connectivity index (χ0) is 24.6. The molecule has 168 valence electrons. The molecule has 0 saturated carbocycles. The summed E-state index contributed by atoms with van der Waals surface area (Å²) in [6, 6.07) is 28.3. The maximum absolute atomic E-state index is 12.8. The Morgan fingerprint density at radius 2 is 0.806 bits per heavy atom. The average Bonchev–Trinajstić information content (AvgIpc) is 3.39. The predicted molar refractivity (Wildman–Crippen MR) is 154 cm³/mol. The van der Waals surface area contributed by atoms with Gasteiger partial charge in [0.15, 0.2) is 0 Å². The van der Waals surface area contributed by atoms with Crippen molar-refractivity contribution in [1.29, 1.82) is 0 Å². The molecule has 36 heavy (non-hydrogen) atoms. The zero-order valence-corrected chi connectivity index (χ0v) is 19.5. The first-order valence-electron chi connectivity index (χ1n) is 11.9. The Kier molecular flexibility index (Phi) is 4.19. The minimum absolute atomic E-state index is 0.421. The van der Waals surface area contributed by atoms with Gasteiger partial charge in [0.1, 0.15) is 0 Å². The highest BCUT2D eigenvalue weighted by Gasteiger charge is 2.26. The first kappa shape index (κ1) is 20.5. The van der Waals surface area contributed by atoms with Crippen molar-refractivity contribution in [2.45, 2.75) is 0 Å². The number of benzene rings is 5. The van der Waals surface area contributed by atoms with Crippen LogP contribution in [-0.2, 0) is 0 Å². The molecule has 2 heteroatoms. The lowest BCUT2D eigenvalue weighted by molar-refractivity contribution is 1.60. The quantitative estimate of drug-likeness (QED) is 0.250. The van der Waals surface area contributed by atoms with Crippen molar-refractivity contribution in [3.05, 3.63) is 130 Å². The second-order valence-corrected chi connectivity index (χ2v) is 9.20. The lowest BCUT2D eigenvalue weighted by Gasteiger charge is -2.19.